The topological polar surface area (TPSA) is 226 Å². The average Bonchev–Trinajstić information content (AvgIpc) is 3.12. The van der Waals surface area contributed by atoms with Gasteiger partial charge in [-0.1, -0.05) is 42.5 Å². The van der Waals surface area contributed by atoms with E-state index < -0.39 is 40.4 Å². The molecule has 0 bridgehead atoms. The number of hydrogen-bond donors (Lipinski definition) is 6. The van der Waals surface area contributed by atoms with Crippen molar-refractivity contribution in [2.75, 3.05) is 26.2 Å². The van der Waals surface area contributed by atoms with Crippen molar-refractivity contribution in [1.29, 1.82) is 5.41 Å². The number of aliphatic carboxylic acids is 2. The maximum Gasteiger partial charge on any atom is 0.490 e. The van der Waals surface area contributed by atoms with Gasteiger partial charge in [-0.3, -0.25) is 10.2 Å². The molecule has 0 aliphatic carbocycles. The Morgan fingerprint density at radius 3 is 1.95 bits per heavy atom. The predicted molar refractivity (Wildman–Crippen MR) is 189 cm³/mol. The lowest BCUT2D eigenvalue weighted by Gasteiger charge is -2.34. The summed E-state index contributed by atoms with van der Waals surface area (Å²) in [7, 11) is -4.06. The number of carbonyl (C=O) groups excluding carboxylic acids is 1. The van der Waals surface area contributed by atoms with Gasteiger partial charge in [-0.15, -0.1) is 0 Å². The van der Waals surface area contributed by atoms with Crippen LogP contribution >= 0.6 is 0 Å². The first-order valence-electron chi connectivity index (χ1n) is 16.5. The molecule has 20 heteroatoms. The van der Waals surface area contributed by atoms with Crippen molar-refractivity contribution in [3.05, 3.63) is 83.9 Å². The number of nitrogens with two attached hydrogens (primary N) is 2. The highest BCUT2D eigenvalue weighted by Crippen LogP contribution is 2.26. The number of amides is 1. The lowest BCUT2D eigenvalue weighted by atomic mass is 9.93. The number of rotatable bonds is 12. The second-order valence-electron chi connectivity index (χ2n) is 11.9. The summed E-state index contributed by atoms with van der Waals surface area (Å²) in [6, 6.07) is 20.1. The third-order valence-electron chi connectivity index (χ3n) is 7.90. The summed E-state index contributed by atoms with van der Waals surface area (Å²) >= 11 is 0. The van der Waals surface area contributed by atoms with Crippen molar-refractivity contribution in [2.45, 2.75) is 55.9 Å². The number of hydrogen-bond acceptors (Lipinski definition) is 8. The number of nitrogen functional groups attached to an aromatic ring is 1. The van der Waals surface area contributed by atoms with E-state index in [0.717, 1.165) is 36.1 Å². The summed E-state index contributed by atoms with van der Waals surface area (Å²) < 4.78 is 99.1. The van der Waals surface area contributed by atoms with Crippen molar-refractivity contribution < 1.29 is 64.1 Å². The molecule has 0 saturated carbocycles. The minimum absolute atomic E-state index is 0.0702. The zero-order valence-corrected chi connectivity index (χ0v) is 30.2. The van der Waals surface area contributed by atoms with Crippen LogP contribution in [0.5, 0.6) is 5.75 Å². The molecule has 8 N–H and O–H groups in total. The molecular weight excluding hydrogens is 764 g/mol. The second-order valence-corrected chi connectivity index (χ2v) is 13.6. The Balaban J connectivity index is 0.000000633. The summed E-state index contributed by atoms with van der Waals surface area (Å²) in [6.07, 6.45) is -7.44. The van der Waals surface area contributed by atoms with Crippen LogP contribution in [0.3, 0.4) is 0 Å². The second kappa shape index (κ2) is 20.5. The first-order valence-corrected chi connectivity index (χ1v) is 17.9. The SMILES string of the molecule is CCOc1ccc(-c2cccc(S(=O)(=O)N[C@@H](Cc3cccc(C(=N)N)c3)C(=O)N3CCC(CCN)CC3)c2)cc1.O=C(O)C(F)(F)F.O=C(O)C(F)(F)F. The highest BCUT2D eigenvalue weighted by molar-refractivity contribution is 7.89. The molecule has 1 aliphatic heterocycles. The lowest BCUT2D eigenvalue weighted by molar-refractivity contribution is -0.193. The van der Waals surface area contributed by atoms with E-state index in [1.165, 1.54) is 6.07 Å². The number of carboxylic acid groups (broad SMARTS) is 2. The Labute approximate surface area is 312 Å². The van der Waals surface area contributed by atoms with Gasteiger partial charge in [-0.25, -0.2) is 18.0 Å². The molecule has 0 aromatic heterocycles. The third kappa shape index (κ3) is 15.2. The number of carbonyl (C=O) groups is 3. The Morgan fingerprint density at radius 1 is 0.909 bits per heavy atom. The highest BCUT2D eigenvalue weighted by atomic mass is 32.2. The Morgan fingerprint density at radius 2 is 1.45 bits per heavy atom. The molecule has 55 heavy (non-hydrogen) atoms. The van der Waals surface area contributed by atoms with Crippen molar-refractivity contribution >= 4 is 33.7 Å². The first-order chi connectivity index (χ1) is 25.6. The number of amidine groups is 1. The van der Waals surface area contributed by atoms with Crippen molar-refractivity contribution in [3.63, 3.8) is 0 Å². The van der Waals surface area contributed by atoms with Crippen LogP contribution < -0.4 is 20.9 Å². The molecule has 1 fully saturated rings. The van der Waals surface area contributed by atoms with Crippen molar-refractivity contribution in [1.82, 2.24) is 9.62 Å². The number of sulfonamides is 1. The van der Waals surface area contributed by atoms with Crippen molar-refractivity contribution in [2.24, 2.45) is 17.4 Å². The largest absolute Gasteiger partial charge is 0.494 e. The van der Waals surface area contributed by atoms with Crippen LogP contribution in [-0.2, 0) is 30.8 Å². The summed E-state index contributed by atoms with van der Waals surface area (Å²) in [5.74, 6) is -4.67. The van der Waals surface area contributed by atoms with Gasteiger partial charge < -0.3 is 31.3 Å². The molecule has 1 atom stereocenters. The van der Waals surface area contributed by atoms with Gasteiger partial charge in [0.2, 0.25) is 15.9 Å². The minimum Gasteiger partial charge on any atom is -0.494 e. The number of nitrogens with zero attached hydrogens (tertiary/aromatic N) is 1. The number of ether oxygens (including phenoxy) is 1. The summed E-state index contributed by atoms with van der Waals surface area (Å²) in [5.41, 5.74) is 14.2. The fraction of sp³-hybridized carbons (Fsp3) is 0.371. The van der Waals surface area contributed by atoms with Crippen LogP contribution in [0.25, 0.3) is 11.1 Å². The number of alkyl halides is 6. The molecule has 3 aromatic carbocycles. The molecule has 302 valence electrons. The third-order valence-corrected chi connectivity index (χ3v) is 9.37. The van der Waals surface area contributed by atoms with Crippen LogP contribution in [0, 0.1) is 11.3 Å². The van der Waals surface area contributed by atoms with Gasteiger partial charge in [0.1, 0.15) is 17.6 Å². The Bertz CT molecular complexity index is 1840. The van der Waals surface area contributed by atoms with Crippen LogP contribution in [0.2, 0.25) is 0 Å². The highest BCUT2D eigenvalue weighted by Gasteiger charge is 2.39. The molecule has 1 heterocycles. The molecule has 1 amide bonds. The number of piperidine rings is 1. The average molecular weight is 806 g/mol. The normalized spacial score (nSPS) is 14.0. The first kappa shape index (κ1) is 45.9. The maximum atomic E-state index is 13.8. The predicted octanol–water partition coefficient (Wildman–Crippen LogP) is 4.78. The van der Waals surface area contributed by atoms with Crippen LogP contribution in [0.1, 0.15) is 37.3 Å². The Kier molecular flexibility index (Phi) is 17.1. The van der Waals surface area contributed by atoms with E-state index in [9.17, 15) is 39.6 Å². The zero-order valence-electron chi connectivity index (χ0n) is 29.4. The van der Waals surface area contributed by atoms with Crippen LogP contribution in [0.4, 0.5) is 26.3 Å². The minimum atomic E-state index is -5.08. The maximum absolute atomic E-state index is 13.8. The van der Waals surface area contributed by atoms with Gasteiger partial charge in [-0.2, -0.15) is 31.1 Å². The van der Waals surface area contributed by atoms with Gasteiger partial charge in [0.25, 0.3) is 0 Å². The fourth-order valence-corrected chi connectivity index (χ4v) is 6.42. The van der Waals surface area contributed by atoms with Gasteiger partial charge in [0, 0.05) is 18.7 Å². The van der Waals surface area contributed by atoms with E-state index in [1.807, 2.05) is 37.3 Å². The van der Waals surface area contributed by atoms with E-state index in [2.05, 4.69) is 4.72 Å². The molecule has 0 unspecified atom stereocenters. The van der Waals surface area contributed by atoms with Crippen LogP contribution in [0.15, 0.2) is 77.7 Å². The summed E-state index contributed by atoms with van der Waals surface area (Å²) in [6.45, 7) is 4.20. The molecule has 1 aliphatic rings. The van der Waals surface area contributed by atoms with Gasteiger partial charge in [-0.05, 0) is 92.1 Å². The van der Waals surface area contributed by atoms with E-state index >= 15 is 0 Å². The molecular formula is C35H41F6N5O8S. The molecule has 3 aromatic rings. The molecule has 4 rings (SSSR count). The molecule has 0 spiro atoms. The van der Waals surface area contributed by atoms with Crippen LogP contribution in [-0.4, -0.2) is 91.8 Å². The fourth-order valence-electron chi connectivity index (χ4n) is 5.19. The Hall–Kier alpha value is -5.21. The monoisotopic (exact) mass is 805 g/mol. The number of benzene rings is 3. The number of likely N-dealkylation sites (tertiary alicyclic amines) is 1. The number of halogens is 6. The number of nitrogens with one attached hydrogen (secondary N) is 2. The molecule has 13 nitrogen and oxygen atoms in total. The summed E-state index contributed by atoms with van der Waals surface area (Å²) in [4.78, 5) is 33.4. The molecule has 1 saturated heterocycles. The number of carboxylic acids is 2. The summed E-state index contributed by atoms with van der Waals surface area (Å²) in [5, 5.41) is 22.0. The quantitative estimate of drug-likeness (QED) is 0.0835. The smallest absolute Gasteiger partial charge is 0.490 e. The standard InChI is InChI=1S/C31H39N5O4S.2C2HF3O2/c1-2-40-27-11-9-24(10-12-27)25-6-4-8-28(21-25)41(38,39)35-29(20-23-5-3-7-26(19-23)30(33)34)31(37)36-17-14-22(13-16-32)15-18-36;2*3-2(4,5)1(6)7/h3-12,19,21-22,29,35H,2,13-18,20,32H2,1H3,(H3,33,34);2*(H,6,7)/t29-;;/m0../s1. The van der Waals surface area contributed by atoms with E-state index in [4.69, 9.17) is 41.4 Å². The van der Waals surface area contributed by atoms with Gasteiger partial charge >= 0.3 is 24.3 Å². The van der Waals surface area contributed by atoms with Gasteiger partial charge in [0.15, 0.2) is 0 Å². The zero-order chi connectivity index (χ0) is 41.6. The van der Waals surface area contributed by atoms with E-state index in [1.54, 1.807) is 41.3 Å². The van der Waals surface area contributed by atoms with E-state index in [-0.39, 0.29) is 23.1 Å². The molecule has 0 radical (unpaired) electrons. The van der Waals surface area contributed by atoms with E-state index in [0.29, 0.717) is 43.3 Å². The van der Waals surface area contributed by atoms with Gasteiger partial charge in [0.05, 0.1) is 11.5 Å². The lowest BCUT2D eigenvalue weighted by Crippen LogP contribution is -2.51. The van der Waals surface area contributed by atoms with Crippen molar-refractivity contribution in [3.8, 4) is 16.9 Å².